The van der Waals surface area contributed by atoms with E-state index >= 15 is 0 Å². The third kappa shape index (κ3) is 3.89. The molecule has 2 N–H and O–H groups in total. The monoisotopic (exact) mass is 267 g/mol. The predicted molar refractivity (Wildman–Crippen MR) is 76.6 cm³/mol. The summed E-state index contributed by atoms with van der Waals surface area (Å²) in [6.45, 7) is 2.71. The van der Waals surface area contributed by atoms with Crippen molar-refractivity contribution in [3.8, 4) is 11.5 Å². The number of hydrogen-bond acceptors (Lipinski definition) is 4. The number of nitrogens with one attached hydrogen (secondary N) is 2. The first-order valence-corrected chi connectivity index (χ1v) is 5.91. The smallest absolute Gasteiger partial charge is 0.186 e. The lowest BCUT2D eigenvalue weighted by Crippen LogP contribution is -2.31. The topological polar surface area (TPSA) is 54.9 Å². The highest BCUT2D eigenvalue weighted by atomic mass is 32.1. The van der Waals surface area contributed by atoms with E-state index in [9.17, 15) is 0 Å². The van der Waals surface area contributed by atoms with Crippen LogP contribution >= 0.6 is 12.2 Å². The van der Waals surface area contributed by atoms with Crippen molar-refractivity contribution in [2.24, 2.45) is 5.10 Å². The van der Waals surface area contributed by atoms with E-state index in [0.717, 1.165) is 12.1 Å². The highest BCUT2D eigenvalue weighted by Gasteiger charge is 2.06. The van der Waals surface area contributed by atoms with Crippen molar-refractivity contribution in [3.63, 3.8) is 0 Å². The van der Waals surface area contributed by atoms with Gasteiger partial charge < -0.3 is 14.8 Å². The highest BCUT2D eigenvalue weighted by molar-refractivity contribution is 7.80. The Bertz CT molecular complexity index is 435. The van der Waals surface area contributed by atoms with E-state index in [2.05, 4.69) is 15.8 Å². The molecule has 0 aliphatic rings. The summed E-state index contributed by atoms with van der Waals surface area (Å²) >= 11 is 4.99. The van der Waals surface area contributed by atoms with Gasteiger partial charge in [-0.2, -0.15) is 5.10 Å². The second-order valence-electron chi connectivity index (χ2n) is 3.31. The standard InChI is InChI=1S/C12H17N3O2S/c1-4-13-12(18)15-14-8-9-6-5-7-10(16-2)11(9)17-3/h5-8H,4H2,1-3H3,(H2,13,15,18). The van der Waals surface area contributed by atoms with E-state index in [0.29, 0.717) is 16.6 Å². The Labute approximate surface area is 112 Å². The van der Waals surface area contributed by atoms with Crippen molar-refractivity contribution in [3.05, 3.63) is 23.8 Å². The van der Waals surface area contributed by atoms with Crippen LogP contribution in [0.1, 0.15) is 12.5 Å². The molecule has 1 aromatic rings. The number of rotatable bonds is 5. The largest absolute Gasteiger partial charge is 0.493 e. The van der Waals surface area contributed by atoms with Crippen molar-refractivity contribution in [1.29, 1.82) is 0 Å². The lowest BCUT2D eigenvalue weighted by atomic mass is 10.2. The number of hydrazone groups is 1. The van der Waals surface area contributed by atoms with Gasteiger partial charge in [-0.05, 0) is 31.3 Å². The van der Waals surface area contributed by atoms with Gasteiger partial charge in [0.05, 0.1) is 20.4 Å². The van der Waals surface area contributed by atoms with Crippen LogP contribution in [-0.2, 0) is 0 Å². The number of nitrogens with zero attached hydrogens (tertiary/aromatic N) is 1. The number of hydrogen-bond donors (Lipinski definition) is 2. The molecule has 0 aromatic heterocycles. The molecule has 0 heterocycles. The lowest BCUT2D eigenvalue weighted by molar-refractivity contribution is 0.354. The average Bonchev–Trinajstić information content (AvgIpc) is 2.38. The minimum absolute atomic E-state index is 0.482. The van der Waals surface area contributed by atoms with E-state index < -0.39 is 0 Å². The molecule has 5 nitrogen and oxygen atoms in total. The van der Waals surface area contributed by atoms with Gasteiger partial charge in [0.1, 0.15) is 0 Å². The predicted octanol–water partition coefficient (Wildman–Crippen LogP) is 1.52. The van der Waals surface area contributed by atoms with Crippen molar-refractivity contribution in [2.45, 2.75) is 6.92 Å². The third-order valence-corrected chi connectivity index (χ3v) is 2.38. The van der Waals surface area contributed by atoms with Crippen molar-refractivity contribution in [1.82, 2.24) is 10.7 Å². The summed E-state index contributed by atoms with van der Waals surface area (Å²) in [7, 11) is 3.18. The molecule has 0 saturated carbocycles. The molecule has 1 aromatic carbocycles. The quantitative estimate of drug-likeness (QED) is 0.481. The van der Waals surface area contributed by atoms with Gasteiger partial charge in [-0.25, -0.2) is 0 Å². The van der Waals surface area contributed by atoms with Crippen LogP contribution in [0.25, 0.3) is 0 Å². The van der Waals surface area contributed by atoms with Crippen LogP contribution in [-0.4, -0.2) is 32.1 Å². The maximum Gasteiger partial charge on any atom is 0.186 e. The van der Waals surface area contributed by atoms with Gasteiger partial charge in [-0.15, -0.1) is 0 Å². The molecule has 0 unspecified atom stereocenters. The Morgan fingerprint density at radius 2 is 2.17 bits per heavy atom. The number of thiocarbonyl (C=S) groups is 1. The Hall–Kier alpha value is -1.82. The maximum atomic E-state index is 5.28. The number of methoxy groups -OCH3 is 2. The minimum Gasteiger partial charge on any atom is -0.493 e. The van der Waals surface area contributed by atoms with Crippen LogP contribution in [0, 0.1) is 0 Å². The first-order valence-electron chi connectivity index (χ1n) is 5.50. The highest BCUT2D eigenvalue weighted by Crippen LogP contribution is 2.29. The van der Waals surface area contributed by atoms with Crippen molar-refractivity contribution in [2.75, 3.05) is 20.8 Å². The molecule has 0 atom stereocenters. The van der Waals surface area contributed by atoms with Gasteiger partial charge in [0, 0.05) is 12.1 Å². The lowest BCUT2D eigenvalue weighted by Gasteiger charge is -2.09. The van der Waals surface area contributed by atoms with Gasteiger partial charge in [0.25, 0.3) is 0 Å². The molecule has 0 saturated heterocycles. The summed E-state index contributed by atoms with van der Waals surface area (Å²) < 4.78 is 10.5. The van der Waals surface area contributed by atoms with Crippen LogP contribution in [0.5, 0.6) is 11.5 Å². The third-order valence-electron chi connectivity index (χ3n) is 2.14. The Morgan fingerprint density at radius 1 is 1.39 bits per heavy atom. The SMILES string of the molecule is CCNC(=S)NN=Cc1cccc(OC)c1OC. The summed E-state index contributed by atoms with van der Waals surface area (Å²) in [5, 5.41) is 7.45. The van der Waals surface area contributed by atoms with Crippen LogP contribution in [0.3, 0.4) is 0 Å². The molecule has 0 fully saturated rings. The van der Waals surface area contributed by atoms with E-state index in [-0.39, 0.29) is 0 Å². The van der Waals surface area contributed by atoms with E-state index in [1.165, 1.54) is 0 Å². The molecule has 1 rings (SSSR count). The Kier molecular flexibility index (Phi) is 5.93. The molecule has 0 aliphatic heterocycles. The molecule has 0 radical (unpaired) electrons. The van der Waals surface area contributed by atoms with E-state index in [4.69, 9.17) is 21.7 Å². The van der Waals surface area contributed by atoms with E-state index in [1.807, 2.05) is 25.1 Å². The normalized spacial score (nSPS) is 10.2. The zero-order chi connectivity index (χ0) is 13.4. The van der Waals surface area contributed by atoms with Crippen LogP contribution in [0.4, 0.5) is 0 Å². The number of ether oxygens (including phenoxy) is 2. The molecule has 18 heavy (non-hydrogen) atoms. The summed E-state index contributed by atoms with van der Waals surface area (Å²) in [5.41, 5.74) is 3.52. The first kappa shape index (κ1) is 14.2. The van der Waals surface area contributed by atoms with Crippen LogP contribution in [0.15, 0.2) is 23.3 Å². The van der Waals surface area contributed by atoms with Crippen molar-refractivity contribution >= 4 is 23.5 Å². The zero-order valence-electron chi connectivity index (χ0n) is 10.7. The number of benzene rings is 1. The maximum absolute atomic E-state index is 5.28. The second kappa shape index (κ2) is 7.50. The fraction of sp³-hybridized carbons (Fsp3) is 0.333. The van der Waals surface area contributed by atoms with Gasteiger partial charge in [0.2, 0.25) is 0 Å². The van der Waals surface area contributed by atoms with Crippen LogP contribution in [0.2, 0.25) is 0 Å². The fourth-order valence-corrected chi connectivity index (χ4v) is 1.57. The van der Waals surface area contributed by atoms with Gasteiger partial charge in [0.15, 0.2) is 16.6 Å². The minimum atomic E-state index is 0.482. The molecule has 0 bridgehead atoms. The van der Waals surface area contributed by atoms with Gasteiger partial charge in [-0.1, -0.05) is 6.07 Å². The fourth-order valence-electron chi connectivity index (χ4n) is 1.37. The molecule has 0 amide bonds. The van der Waals surface area contributed by atoms with Crippen molar-refractivity contribution < 1.29 is 9.47 Å². The zero-order valence-corrected chi connectivity index (χ0v) is 11.5. The summed E-state index contributed by atoms with van der Waals surface area (Å²) in [6, 6.07) is 5.57. The Balaban J connectivity index is 2.77. The summed E-state index contributed by atoms with van der Waals surface area (Å²) in [6.07, 6.45) is 1.63. The second-order valence-corrected chi connectivity index (χ2v) is 3.72. The molecular formula is C12H17N3O2S. The molecule has 6 heteroatoms. The van der Waals surface area contributed by atoms with Crippen LogP contribution < -0.4 is 20.2 Å². The summed E-state index contributed by atoms with van der Waals surface area (Å²) in [4.78, 5) is 0. The molecular weight excluding hydrogens is 250 g/mol. The van der Waals surface area contributed by atoms with E-state index in [1.54, 1.807) is 20.4 Å². The molecule has 0 spiro atoms. The number of para-hydroxylation sites is 1. The molecule has 98 valence electrons. The van der Waals surface area contributed by atoms with Gasteiger partial charge in [-0.3, -0.25) is 5.43 Å². The molecule has 0 aliphatic carbocycles. The van der Waals surface area contributed by atoms with Gasteiger partial charge >= 0.3 is 0 Å². The summed E-state index contributed by atoms with van der Waals surface area (Å²) in [5.74, 6) is 1.30. The Morgan fingerprint density at radius 3 is 2.78 bits per heavy atom. The first-order chi connectivity index (χ1) is 8.72. The average molecular weight is 267 g/mol.